The molecule has 2 aromatic rings. The van der Waals surface area contributed by atoms with E-state index in [2.05, 4.69) is 61.6 Å². The lowest BCUT2D eigenvalue weighted by atomic mass is 10.1. The number of aryl methyl sites for hydroxylation is 2. The van der Waals surface area contributed by atoms with Crippen molar-refractivity contribution in [3.05, 3.63) is 47.8 Å². The second kappa shape index (κ2) is 10.7. The van der Waals surface area contributed by atoms with Crippen LogP contribution in [0.25, 0.3) is 0 Å². The summed E-state index contributed by atoms with van der Waals surface area (Å²) >= 11 is 0. The van der Waals surface area contributed by atoms with Crippen LogP contribution in [-0.4, -0.2) is 60.5 Å². The minimum Gasteiger partial charge on any atom is -0.489 e. The van der Waals surface area contributed by atoms with Crippen LogP contribution in [0.2, 0.25) is 0 Å². The summed E-state index contributed by atoms with van der Waals surface area (Å²) in [6, 6.07) is 8.24. The van der Waals surface area contributed by atoms with Crippen molar-refractivity contribution in [2.45, 2.75) is 32.9 Å². The summed E-state index contributed by atoms with van der Waals surface area (Å²) in [5.74, 6) is 1.71. The molecule has 154 valence electrons. The topological polar surface area (TPSA) is 66.7 Å². The first-order chi connectivity index (χ1) is 13.4. The molecule has 1 aromatic heterocycles. The number of likely N-dealkylation sites (N-methyl/N-ethyl adjacent to an activating group) is 1. The smallest absolute Gasteiger partial charge is 0.191 e. The summed E-state index contributed by atoms with van der Waals surface area (Å²) in [4.78, 5) is 6.94. The van der Waals surface area contributed by atoms with Gasteiger partial charge in [0.25, 0.3) is 0 Å². The van der Waals surface area contributed by atoms with Crippen molar-refractivity contribution in [1.29, 1.82) is 0 Å². The second-order valence-electron chi connectivity index (χ2n) is 7.22. The number of aliphatic imine (C=N–C) groups is 1. The average molecular weight is 387 g/mol. The van der Waals surface area contributed by atoms with Gasteiger partial charge in [-0.2, -0.15) is 5.10 Å². The van der Waals surface area contributed by atoms with E-state index in [0.29, 0.717) is 13.1 Å². The van der Waals surface area contributed by atoms with Gasteiger partial charge in [0.1, 0.15) is 11.9 Å². The number of hydrogen-bond acceptors (Lipinski definition) is 4. The number of aromatic nitrogens is 2. The molecule has 2 rings (SSSR count). The standard InChI is InChI=1S/C21H34N6O/c1-7-22-21(23-12-17(3)28-20-11-9-8-10-16(20)2)24-14-19(26(4)5)18-13-25-27(6)15-18/h8-11,13,15,17,19H,7,12,14H2,1-6H3,(H2,22,23,24). The van der Waals surface area contributed by atoms with E-state index >= 15 is 0 Å². The van der Waals surface area contributed by atoms with Gasteiger partial charge in [-0.05, 0) is 46.5 Å². The maximum absolute atomic E-state index is 6.05. The largest absolute Gasteiger partial charge is 0.489 e. The quantitative estimate of drug-likeness (QED) is 0.512. The minimum absolute atomic E-state index is 0.0212. The minimum atomic E-state index is 0.0212. The summed E-state index contributed by atoms with van der Waals surface area (Å²) in [7, 11) is 6.05. The zero-order chi connectivity index (χ0) is 20.5. The molecule has 0 bridgehead atoms. The highest BCUT2D eigenvalue weighted by molar-refractivity contribution is 5.79. The molecule has 0 radical (unpaired) electrons. The fraction of sp³-hybridized carbons (Fsp3) is 0.524. The third kappa shape index (κ3) is 6.56. The molecule has 0 spiro atoms. The Morgan fingerprint density at radius 1 is 1.29 bits per heavy atom. The first-order valence-electron chi connectivity index (χ1n) is 9.80. The Hall–Kier alpha value is -2.54. The molecule has 7 heteroatoms. The van der Waals surface area contributed by atoms with Crippen molar-refractivity contribution in [2.24, 2.45) is 12.0 Å². The van der Waals surface area contributed by atoms with E-state index < -0.39 is 0 Å². The van der Waals surface area contributed by atoms with Crippen molar-refractivity contribution >= 4 is 5.96 Å². The molecule has 28 heavy (non-hydrogen) atoms. The van der Waals surface area contributed by atoms with Crippen LogP contribution in [0, 0.1) is 6.92 Å². The van der Waals surface area contributed by atoms with E-state index in [1.54, 1.807) is 0 Å². The summed E-state index contributed by atoms with van der Waals surface area (Å²) in [5, 5.41) is 11.0. The van der Waals surface area contributed by atoms with Crippen molar-refractivity contribution in [3.8, 4) is 5.75 Å². The first kappa shape index (κ1) is 21.8. The maximum Gasteiger partial charge on any atom is 0.191 e. The highest BCUT2D eigenvalue weighted by atomic mass is 16.5. The predicted octanol–water partition coefficient (Wildman–Crippen LogP) is 2.35. The number of guanidine groups is 1. The van der Waals surface area contributed by atoms with Crippen LogP contribution in [0.5, 0.6) is 5.75 Å². The van der Waals surface area contributed by atoms with Gasteiger partial charge in [0.2, 0.25) is 0 Å². The van der Waals surface area contributed by atoms with E-state index in [9.17, 15) is 0 Å². The molecule has 0 aliphatic rings. The fourth-order valence-electron chi connectivity index (χ4n) is 2.89. The van der Waals surface area contributed by atoms with Crippen LogP contribution in [0.1, 0.15) is 31.0 Å². The molecular weight excluding hydrogens is 352 g/mol. The fourth-order valence-corrected chi connectivity index (χ4v) is 2.89. The van der Waals surface area contributed by atoms with Gasteiger partial charge in [-0.1, -0.05) is 18.2 Å². The molecule has 0 aliphatic carbocycles. The lowest BCUT2D eigenvalue weighted by Crippen LogP contribution is -2.42. The molecule has 7 nitrogen and oxygen atoms in total. The summed E-state index contributed by atoms with van der Waals surface area (Å²) in [6.45, 7) is 8.29. The molecule has 2 atom stereocenters. The van der Waals surface area contributed by atoms with Crippen LogP contribution in [-0.2, 0) is 7.05 Å². The molecule has 0 aliphatic heterocycles. The Morgan fingerprint density at radius 3 is 2.64 bits per heavy atom. The Labute approximate surface area is 168 Å². The number of hydrogen-bond donors (Lipinski definition) is 2. The van der Waals surface area contributed by atoms with E-state index in [1.807, 2.05) is 42.3 Å². The molecular formula is C21H34N6O. The zero-order valence-corrected chi connectivity index (χ0v) is 17.9. The number of para-hydroxylation sites is 1. The normalized spacial score (nSPS) is 14.0. The van der Waals surface area contributed by atoms with Gasteiger partial charge in [0, 0.05) is 25.4 Å². The number of rotatable bonds is 9. The molecule has 1 aromatic carbocycles. The molecule has 0 fully saturated rings. The first-order valence-corrected chi connectivity index (χ1v) is 9.80. The van der Waals surface area contributed by atoms with Crippen LogP contribution < -0.4 is 15.4 Å². The monoisotopic (exact) mass is 386 g/mol. The molecule has 1 heterocycles. The van der Waals surface area contributed by atoms with Crippen LogP contribution >= 0.6 is 0 Å². The van der Waals surface area contributed by atoms with E-state index in [4.69, 9.17) is 9.73 Å². The van der Waals surface area contributed by atoms with Crippen molar-refractivity contribution < 1.29 is 4.74 Å². The summed E-state index contributed by atoms with van der Waals surface area (Å²) in [6.07, 6.45) is 3.96. The van der Waals surface area contributed by atoms with Gasteiger partial charge >= 0.3 is 0 Å². The zero-order valence-electron chi connectivity index (χ0n) is 17.9. The number of nitrogens with zero attached hydrogens (tertiary/aromatic N) is 4. The van der Waals surface area contributed by atoms with Gasteiger partial charge in [-0.25, -0.2) is 0 Å². The summed E-state index contributed by atoms with van der Waals surface area (Å²) < 4.78 is 7.87. The Bertz CT molecular complexity index is 755. The lowest BCUT2D eigenvalue weighted by Gasteiger charge is -2.23. The van der Waals surface area contributed by atoms with E-state index in [0.717, 1.165) is 29.4 Å². The maximum atomic E-state index is 6.05. The van der Waals surface area contributed by atoms with Crippen LogP contribution in [0.15, 0.2) is 41.7 Å². The van der Waals surface area contributed by atoms with Gasteiger partial charge in [0.05, 0.1) is 25.3 Å². The molecule has 0 saturated carbocycles. The number of ether oxygens (including phenoxy) is 1. The van der Waals surface area contributed by atoms with Crippen molar-refractivity contribution in [3.63, 3.8) is 0 Å². The van der Waals surface area contributed by atoms with E-state index in [1.165, 1.54) is 0 Å². The molecule has 0 saturated heterocycles. The Balaban J connectivity index is 1.96. The van der Waals surface area contributed by atoms with Crippen LogP contribution in [0.4, 0.5) is 0 Å². The highest BCUT2D eigenvalue weighted by Crippen LogP contribution is 2.18. The van der Waals surface area contributed by atoms with Gasteiger partial charge in [-0.3, -0.25) is 9.67 Å². The van der Waals surface area contributed by atoms with E-state index in [-0.39, 0.29) is 12.1 Å². The average Bonchev–Trinajstić information content (AvgIpc) is 3.07. The molecule has 0 amide bonds. The summed E-state index contributed by atoms with van der Waals surface area (Å²) in [5.41, 5.74) is 2.29. The SMILES string of the molecule is CCNC(=NCC(c1cnn(C)c1)N(C)C)NCC(C)Oc1ccccc1C. The van der Waals surface area contributed by atoms with Crippen molar-refractivity contribution in [1.82, 2.24) is 25.3 Å². The van der Waals surface area contributed by atoms with Crippen LogP contribution in [0.3, 0.4) is 0 Å². The lowest BCUT2D eigenvalue weighted by molar-refractivity contribution is 0.222. The highest BCUT2D eigenvalue weighted by Gasteiger charge is 2.16. The Kier molecular flexibility index (Phi) is 8.32. The number of nitrogens with one attached hydrogen (secondary N) is 2. The van der Waals surface area contributed by atoms with Crippen molar-refractivity contribution in [2.75, 3.05) is 33.7 Å². The van der Waals surface area contributed by atoms with Gasteiger partial charge in [-0.15, -0.1) is 0 Å². The number of benzene rings is 1. The predicted molar refractivity (Wildman–Crippen MR) is 115 cm³/mol. The molecule has 2 N–H and O–H groups in total. The Morgan fingerprint density at radius 2 is 2.04 bits per heavy atom. The third-order valence-electron chi connectivity index (χ3n) is 4.48. The molecule has 2 unspecified atom stereocenters. The second-order valence-corrected chi connectivity index (χ2v) is 7.22. The van der Waals surface area contributed by atoms with Gasteiger partial charge < -0.3 is 20.3 Å². The van der Waals surface area contributed by atoms with Gasteiger partial charge in [0.15, 0.2) is 5.96 Å². The third-order valence-corrected chi connectivity index (χ3v) is 4.48.